The molecule has 0 radical (unpaired) electrons. The highest BCUT2D eigenvalue weighted by Crippen LogP contribution is 2.28. The Morgan fingerprint density at radius 3 is 2.70 bits per heavy atom. The largest absolute Gasteiger partial charge is 0.336 e. The molecule has 1 aliphatic carbocycles. The number of carbonyl (C=O) groups is 1. The fourth-order valence-corrected chi connectivity index (χ4v) is 3.52. The van der Waals surface area contributed by atoms with Crippen LogP contribution in [0.15, 0.2) is 47.7 Å². The highest BCUT2D eigenvalue weighted by molar-refractivity contribution is 5.78. The van der Waals surface area contributed by atoms with E-state index in [1.165, 1.54) is 17.1 Å². The molecule has 8 nitrogen and oxygen atoms in total. The third kappa shape index (κ3) is 3.08. The van der Waals surface area contributed by atoms with Gasteiger partial charge in [0.15, 0.2) is 5.65 Å². The van der Waals surface area contributed by atoms with Crippen LogP contribution in [0.3, 0.4) is 0 Å². The molecule has 4 rings (SSSR count). The van der Waals surface area contributed by atoms with E-state index >= 15 is 0 Å². The summed E-state index contributed by atoms with van der Waals surface area (Å²) in [6.07, 6.45) is 5.93. The maximum absolute atomic E-state index is 12.7. The molecule has 1 aliphatic rings. The third-order valence-corrected chi connectivity index (χ3v) is 4.92. The summed E-state index contributed by atoms with van der Waals surface area (Å²) in [5.41, 5.74) is 0.0881. The fourth-order valence-electron chi connectivity index (χ4n) is 3.52. The lowest BCUT2D eigenvalue weighted by Crippen LogP contribution is -2.47. The van der Waals surface area contributed by atoms with Gasteiger partial charge in [0, 0.05) is 0 Å². The maximum Gasteiger partial charge on any atom is 0.264 e. The molecule has 2 heterocycles. The Kier molecular flexibility index (Phi) is 4.20. The number of rotatable bonds is 4. The Hall–Kier alpha value is -3.47. The first-order valence-electron chi connectivity index (χ1n) is 8.83. The first-order chi connectivity index (χ1) is 13.1. The minimum atomic E-state index is -0.809. The van der Waals surface area contributed by atoms with Crippen LogP contribution in [0.2, 0.25) is 0 Å². The summed E-state index contributed by atoms with van der Waals surface area (Å²) in [5.74, 6) is -0.364. The number of aromatic nitrogens is 4. The number of para-hydroxylation sites is 1. The lowest BCUT2D eigenvalue weighted by molar-refractivity contribution is -0.123. The number of benzene rings is 1. The van der Waals surface area contributed by atoms with Crippen LogP contribution < -0.4 is 10.9 Å². The zero-order valence-corrected chi connectivity index (χ0v) is 14.6. The van der Waals surface area contributed by atoms with E-state index in [0.29, 0.717) is 23.9 Å². The number of nitriles is 1. The van der Waals surface area contributed by atoms with E-state index in [1.807, 2.05) is 30.3 Å². The molecule has 1 amide bonds. The van der Waals surface area contributed by atoms with Crippen LogP contribution in [-0.4, -0.2) is 30.8 Å². The van der Waals surface area contributed by atoms with Gasteiger partial charge in [-0.3, -0.25) is 14.2 Å². The van der Waals surface area contributed by atoms with Crippen LogP contribution in [0, 0.1) is 11.3 Å². The predicted octanol–water partition coefficient (Wildman–Crippen LogP) is 1.53. The summed E-state index contributed by atoms with van der Waals surface area (Å²) in [6, 6.07) is 11.6. The highest BCUT2D eigenvalue weighted by atomic mass is 16.2. The van der Waals surface area contributed by atoms with Crippen molar-refractivity contribution in [3.8, 4) is 11.8 Å². The molecule has 1 aromatic carbocycles. The average Bonchev–Trinajstić information content (AvgIpc) is 3.32. The van der Waals surface area contributed by atoms with Gasteiger partial charge in [-0.1, -0.05) is 18.2 Å². The number of nitrogens with one attached hydrogen (secondary N) is 1. The van der Waals surface area contributed by atoms with E-state index in [4.69, 9.17) is 0 Å². The van der Waals surface area contributed by atoms with E-state index in [1.54, 1.807) is 4.68 Å². The maximum atomic E-state index is 12.7. The van der Waals surface area contributed by atoms with Gasteiger partial charge in [0.1, 0.15) is 23.8 Å². The van der Waals surface area contributed by atoms with Crippen molar-refractivity contribution < 1.29 is 4.79 Å². The minimum absolute atomic E-state index is 0.179. The molecule has 0 aliphatic heterocycles. The number of hydrogen-bond donors (Lipinski definition) is 1. The smallest absolute Gasteiger partial charge is 0.264 e. The molecular formula is C19H18N6O2. The van der Waals surface area contributed by atoms with Crippen molar-refractivity contribution >= 4 is 16.9 Å². The Morgan fingerprint density at radius 1 is 1.26 bits per heavy atom. The highest BCUT2D eigenvalue weighted by Gasteiger charge is 2.35. The lowest BCUT2D eigenvalue weighted by atomic mass is 10.00. The van der Waals surface area contributed by atoms with Gasteiger partial charge < -0.3 is 5.32 Å². The van der Waals surface area contributed by atoms with E-state index in [0.717, 1.165) is 18.5 Å². The topological polar surface area (TPSA) is 106 Å². The quantitative estimate of drug-likeness (QED) is 0.758. The van der Waals surface area contributed by atoms with E-state index < -0.39 is 5.54 Å². The molecule has 0 bridgehead atoms. The molecule has 0 atom stereocenters. The Labute approximate surface area is 155 Å². The number of fused-ring (bicyclic) bond motifs is 1. The molecule has 2 aromatic heterocycles. The van der Waals surface area contributed by atoms with E-state index in [9.17, 15) is 14.9 Å². The molecule has 27 heavy (non-hydrogen) atoms. The Balaban J connectivity index is 1.61. The SMILES string of the molecule is N#CC1(NC(=O)Cn2cnc3c(cnn3-c3ccccc3)c2=O)CCCC1. The average molecular weight is 362 g/mol. The van der Waals surface area contributed by atoms with Crippen molar-refractivity contribution in [3.05, 3.63) is 53.2 Å². The molecule has 3 aromatic rings. The van der Waals surface area contributed by atoms with Crippen LogP contribution in [0.5, 0.6) is 0 Å². The molecule has 0 unspecified atom stereocenters. The standard InChI is InChI=1S/C19H18N6O2/c20-12-19(8-4-5-9-19)23-16(26)11-24-13-21-17-15(18(24)27)10-22-25(17)14-6-2-1-3-7-14/h1-3,6-7,10,13H,4-5,8-9,11H2,(H,23,26). The van der Waals surface area contributed by atoms with Gasteiger partial charge in [0.25, 0.3) is 5.56 Å². The zero-order chi connectivity index (χ0) is 18.9. The van der Waals surface area contributed by atoms with E-state index in [2.05, 4.69) is 21.5 Å². The third-order valence-electron chi connectivity index (χ3n) is 4.92. The second kappa shape index (κ2) is 6.68. The van der Waals surface area contributed by atoms with Crippen LogP contribution in [0.1, 0.15) is 25.7 Å². The molecule has 0 spiro atoms. The van der Waals surface area contributed by atoms with E-state index in [-0.39, 0.29) is 18.0 Å². The molecule has 1 fully saturated rings. The number of amides is 1. The van der Waals surface area contributed by atoms with Crippen molar-refractivity contribution in [2.24, 2.45) is 0 Å². The first-order valence-corrected chi connectivity index (χ1v) is 8.83. The molecule has 8 heteroatoms. The Morgan fingerprint density at radius 2 is 2.00 bits per heavy atom. The summed E-state index contributed by atoms with van der Waals surface area (Å²) in [4.78, 5) is 29.4. The summed E-state index contributed by atoms with van der Waals surface area (Å²) >= 11 is 0. The second-order valence-electron chi connectivity index (χ2n) is 6.76. The summed E-state index contributed by atoms with van der Waals surface area (Å²) in [5, 5.41) is 16.8. The van der Waals surface area contributed by atoms with Gasteiger partial charge in [0.2, 0.25) is 5.91 Å². The summed E-state index contributed by atoms with van der Waals surface area (Å²) in [7, 11) is 0. The van der Waals surface area contributed by atoms with Gasteiger partial charge in [-0.2, -0.15) is 10.4 Å². The van der Waals surface area contributed by atoms with Crippen molar-refractivity contribution in [2.75, 3.05) is 0 Å². The van der Waals surface area contributed by atoms with Gasteiger partial charge >= 0.3 is 0 Å². The van der Waals surface area contributed by atoms with Crippen molar-refractivity contribution in [1.82, 2.24) is 24.6 Å². The van der Waals surface area contributed by atoms with Gasteiger partial charge in [0.05, 0.1) is 18.0 Å². The molecule has 136 valence electrons. The van der Waals surface area contributed by atoms with Crippen molar-refractivity contribution in [2.45, 2.75) is 37.8 Å². The summed E-state index contributed by atoms with van der Waals surface area (Å²) in [6.45, 7) is -0.179. The van der Waals surface area contributed by atoms with Crippen molar-refractivity contribution in [3.63, 3.8) is 0 Å². The van der Waals surface area contributed by atoms with Crippen LogP contribution >= 0.6 is 0 Å². The number of nitrogens with zero attached hydrogens (tertiary/aromatic N) is 5. The number of carbonyl (C=O) groups excluding carboxylic acids is 1. The first kappa shape index (κ1) is 17.0. The van der Waals surface area contributed by atoms with Crippen LogP contribution in [0.4, 0.5) is 0 Å². The molecular weight excluding hydrogens is 344 g/mol. The predicted molar refractivity (Wildman–Crippen MR) is 98.1 cm³/mol. The van der Waals surface area contributed by atoms with Gasteiger partial charge in [-0.05, 0) is 37.8 Å². The Bertz CT molecular complexity index is 1090. The van der Waals surface area contributed by atoms with Crippen molar-refractivity contribution in [1.29, 1.82) is 5.26 Å². The zero-order valence-electron chi connectivity index (χ0n) is 14.6. The molecule has 0 saturated heterocycles. The van der Waals surface area contributed by atoms with Gasteiger partial charge in [-0.15, -0.1) is 0 Å². The molecule has 1 saturated carbocycles. The van der Waals surface area contributed by atoms with Crippen LogP contribution in [-0.2, 0) is 11.3 Å². The fraction of sp³-hybridized carbons (Fsp3) is 0.316. The number of hydrogen-bond acceptors (Lipinski definition) is 5. The summed E-state index contributed by atoms with van der Waals surface area (Å²) < 4.78 is 2.83. The second-order valence-corrected chi connectivity index (χ2v) is 6.76. The molecule has 1 N–H and O–H groups in total. The minimum Gasteiger partial charge on any atom is -0.336 e. The van der Waals surface area contributed by atoms with Crippen LogP contribution in [0.25, 0.3) is 16.7 Å². The lowest BCUT2D eigenvalue weighted by Gasteiger charge is -2.22. The van der Waals surface area contributed by atoms with Gasteiger partial charge in [-0.25, -0.2) is 9.67 Å². The monoisotopic (exact) mass is 362 g/mol. The normalized spacial score (nSPS) is 15.5.